The second-order valence-electron chi connectivity index (χ2n) is 4.18. The molecule has 18 heavy (non-hydrogen) atoms. The maximum Gasteiger partial charge on any atom is 0.347 e. The molecule has 0 N–H and O–H groups in total. The largest absolute Gasteiger partial charge is 0.462 e. The number of carbonyl (C=O) groups excluding carboxylic acids is 3. The Morgan fingerprint density at radius 2 is 2.17 bits per heavy atom. The normalized spacial score (nSPS) is 22.2. The Morgan fingerprint density at radius 3 is 2.67 bits per heavy atom. The first-order valence-electron chi connectivity index (χ1n) is 5.60. The van der Waals surface area contributed by atoms with Crippen LogP contribution in [-0.4, -0.2) is 37.2 Å². The van der Waals surface area contributed by atoms with Crippen LogP contribution in [0.3, 0.4) is 0 Å². The van der Waals surface area contributed by atoms with Crippen LogP contribution in [0.1, 0.15) is 20.3 Å². The highest BCUT2D eigenvalue weighted by Gasteiger charge is 2.37. The van der Waals surface area contributed by atoms with Crippen LogP contribution in [0.25, 0.3) is 0 Å². The fourth-order valence-corrected chi connectivity index (χ4v) is 1.33. The summed E-state index contributed by atoms with van der Waals surface area (Å²) in [4.78, 5) is 33.6. The monoisotopic (exact) mass is 256 g/mol. The minimum Gasteiger partial charge on any atom is -0.462 e. The van der Waals surface area contributed by atoms with Crippen molar-refractivity contribution in [2.24, 2.45) is 5.92 Å². The van der Waals surface area contributed by atoms with Gasteiger partial charge in [0.2, 0.25) is 6.10 Å². The minimum absolute atomic E-state index is 0.0966. The van der Waals surface area contributed by atoms with Crippen molar-refractivity contribution in [3.05, 3.63) is 12.2 Å². The SMILES string of the molecule is C=C(C)C(=O)OCCC(=O)OC1C(=O)OCC1C. The Balaban J connectivity index is 2.28. The average molecular weight is 256 g/mol. The molecule has 1 rings (SSSR count). The van der Waals surface area contributed by atoms with Crippen molar-refractivity contribution in [1.29, 1.82) is 0 Å². The molecule has 1 aliphatic rings. The number of rotatable bonds is 5. The van der Waals surface area contributed by atoms with Crippen LogP contribution in [0, 0.1) is 5.92 Å². The summed E-state index contributed by atoms with van der Waals surface area (Å²) < 4.78 is 14.4. The van der Waals surface area contributed by atoms with E-state index in [1.807, 2.05) is 0 Å². The zero-order chi connectivity index (χ0) is 13.7. The molecule has 1 fully saturated rings. The third kappa shape index (κ3) is 3.87. The molecule has 2 unspecified atom stereocenters. The van der Waals surface area contributed by atoms with Crippen molar-refractivity contribution in [1.82, 2.24) is 0 Å². The van der Waals surface area contributed by atoms with Crippen LogP contribution in [0.5, 0.6) is 0 Å². The summed E-state index contributed by atoms with van der Waals surface area (Å²) in [5.41, 5.74) is 0.261. The molecule has 0 bridgehead atoms. The number of hydrogen-bond donors (Lipinski definition) is 0. The Bertz CT molecular complexity index is 373. The number of carbonyl (C=O) groups is 3. The summed E-state index contributed by atoms with van der Waals surface area (Å²) in [6, 6.07) is 0. The molecule has 0 aromatic rings. The lowest BCUT2D eigenvalue weighted by Gasteiger charge is -2.12. The third-order valence-corrected chi connectivity index (χ3v) is 2.38. The third-order valence-electron chi connectivity index (χ3n) is 2.38. The highest BCUT2D eigenvalue weighted by molar-refractivity contribution is 5.87. The van der Waals surface area contributed by atoms with E-state index < -0.39 is 24.0 Å². The lowest BCUT2D eigenvalue weighted by atomic mass is 10.1. The van der Waals surface area contributed by atoms with E-state index in [2.05, 4.69) is 6.58 Å². The molecular formula is C12H16O6. The summed E-state index contributed by atoms with van der Waals surface area (Å²) in [5.74, 6) is -1.84. The predicted octanol–water partition coefficient (Wildman–Crippen LogP) is 0.600. The molecule has 6 nitrogen and oxygen atoms in total. The highest BCUT2D eigenvalue weighted by atomic mass is 16.6. The summed E-state index contributed by atoms with van der Waals surface area (Å²) in [6.07, 6.45) is -0.954. The Labute approximate surface area is 105 Å². The summed E-state index contributed by atoms with van der Waals surface area (Å²) in [6.45, 7) is 6.82. The van der Waals surface area contributed by atoms with Gasteiger partial charge in [0.25, 0.3) is 0 Å². The molecule has 0 saturated carbocycles. The van der Waals surface area contributed by atoms with Gasteiger partial charge < -0.3 is 14.2 Å². The maximum atomic E-state index is 11.4. The fraction of sp³-hybridized carbons (Fsp3) is 0.583. The van der Waals surface area contributed by atoms with E-state index in [4.69, 9.17) is 14.2 Å². The lowest BCUT2D eigenvalue weighted by molar-refractivity contribution is -0.162. The number of hydrogen-bond acceptors (Lipinski definition) is 6. The van der Waals surface area contributed by atoms with Crippen LogP contribution in [-0.2, 0) is 28.6 Å². The molecule has 0 amide bonds. The van der Waals surface area contributed by atoms with Crippen LogP contribution >= 0.6 is 0 Å². The van der Waals surface area contributed by atoms with E-state index >= 15 is 0 Å². The topological polar surface area (TPSA) is 78.9 Å². The predicted molar refractivity (Wildman–Crippen MR) is 60.4 cm³/mol. The zero-order valence-electron chi connectivity index (χ0n) is 10.4. The second kappa shape index (κ2) is 6.18. The smallest absolute Gasteiger partial charge is 0.347 e. The standard InChI is InChI=1S/C12H16O6/c1-7(2)11(14)16-5-4-9(13)18-10-8(3)6-17-12(10)15/h8,10H,1,4-6H2,2-3H3. The average Bonchev–Trinajstić information content (AvgIpc) is 2.60. The molecule has 0 aromatic heterocycles. The van der Waals surface area contributed by atoms with Gasteiger partial charge in [0, 0.05) is 11.5 Å². The Hall–Kier alpha value is -1.85. The molecule has 0 spiro atoms. The number of cyclic esters (lactones) is 1. The number of ether oxygens (including phenoxy) is 3. The molecular weight excluding hydrogens is 240 g/mol. The number of esters is 3. The Morgan fingerprint density at radius 1 is 1.50 bits per heavy atom. The zero-order valence-corrected chi connectivity index (χ0v) is 10.4. The van der Waals surface area contributed by atoms with Crippen LogP contribution in [0.4, 0.5) is 0 Å². The van der Waals surface area contributed by atoms with Crippen molar-refractivity contribution in [3.8, 4) is 0 Å². The van der Waals surface area contributed by atoms with Crippen molar-refractivity contribution in [2.45, 2.75) is 26.4 Å². The van der Waals surface area contributed by atoms with E-state index in [1.165, 1.54) is 6.92 Å². The van der Waals surface area contributed by atoms with Crippen LogP contribution < -0.4 is 0 Å². The Kier molecular flexibility index (Phi) is 4.88. The molecule has 6 heteroatoms. The van der Waals surface area contributed by atoms with Crippen molar-refractivity contribution in [3.63, 3.8) is 0 Å². The molecule has 1 heterocycles. The van der Waals surface area contributed by atoms with Gasteiger partial charge in [-0.25, -0.2) is 9.59 Å². The molecule has 0 aliphatic carbocycles. The van der Waals surface area contributed by atoms with Crippen molar-refractivity contribution >= 4 is 17.9 Å². The van der Waals surface area contributed by atoms with Gasteiger partial charge in [0.15, 0.2) is 0 Å². The van der Waals surface area contributed by atoms with Crippen molar-refractivity contribution in [2.75, 3.05) is 13.2 Å². The van der Waals surface area contributed by atoms with Gasteiger partial charge in [-0.1, -0.05) is 13.5 Å². The van der Waals surface area contributed by atoms with Gasteiger partial charge in [-0.3, -0.25) is 4.79 Å². The first-order valence-corrected chi connectivity index (χ1v) is 5.60. The van der Waals surface area contributed by atoms with Gasteiger partial charge in [-0.15, -0.1) is 0 Å². The minimum atomic E-state index is -0.852. The summed E-state index contributed by atoms with van der Waals surface area (Å²) >= 11 is 0. The molecule has 100 valence electrons. The molecule has 1 aliphatic heterocycles. The van der Waals surface area contributed by atoms with Gasteiger partial charge in [-0.2, -0.15) is 0 Å². The van der Waals surface area contributed by atoms with Crippen LogP contribution in [0.15, 0.2) is 12.2 Å². The van der Waals surface area contributed by atoms with Gasteiger partial charge >= 0.3 is 17.9 Å². The van der Waals surface area contributed by atoms with E-state index in [-0.39, 0.29) is 31.1 Å². The van der Waals surface area contributed by atoms with E-state index in [0.717, 1.165) is 0 Å². The molecule has 2 atom stereocenters. The molecule has 0 aromatic carbocycles. The van der Waals surface area contributed by atoms with Crippen LogP contribution in [0.2, 0.25) is 0 Å². The lowest BCUT2D eigenvalue weighted by Crippen LogP contribution is -2.28. The quantitative estimate of drug-likeness (QED) is 0.407. The van der Waals surface area contributed by atoms with Gasteiger partial charge in [0.1, 0.15) is 6.61 Å². The molecule has 1 saturated heterocycles. The second-order valence-corrected chi connectivity index (χ2v) is 4.18. The first kappa shape index (κ1) is 14.2. The summed E-state index contributed by atoms with van der Waals surface area (Å²) in [5, 5.41) is 0. The van der Waals surface area contributed by atoms with Crippen molar-refractivity contribution < 1.29 is 28.6 Å². The fourth-order valence-electron chi connectivity index (χ4n) is 1.33. The van der Waals surface area contributed by atoms with E-state index in [0.29, 0.717) is 0 Å². The highest BCUT2D eigenvalue weighted by Crippen LogP contribution is 2.18. The van der Waals surface area contributed by atoms with E-state index in [1.54, 1.807) is 6.92 Å². The summed E-state index contributed by atoms with van der Waals surface area (Å²) in [7, 11) is 0. The van der Waals surface area contributed by atoms with E-state index in [9.17, 15) is 14.4 Å². The van der Waals surface area contributed by atoms with Gasteiger partial charge in [0.05, 0.1) is 13.0 Å². The molecule has 0 radical (unpaired) electrons. The van der Waals surface area contributed by atoms with Gasteiger partial charge in [-0.05, 0) is 6.92 Å². The first-order chi connectivity index (χ1) is 8.41. The maximum absolute atomic E-state index is 11.4.